The highest BCUT2D eigenvalue weighted by atomic mass is 19.1. The molecule has 0 aliphatic carbocycles. The molecule has 0 N–H and O–H groups in total. The van der Waals surface area contributed by atoms with Crippen molar-refractivity contribution in [1.82, 2.24) is 4.98 Å². The molecule has 2 rings (SSSR count). The molecule has 0 atom stereocenters. The molecule has 0 aliphatic heterocycles. The summed E-state index contributed by atoms with van der Waals surface area (Å²) in [5.41, 5.74) is 2.22. The number of halogens is 1. The van der Waals surface area contributed by atoms with E-state index in [4.69, 9.17) is 4.74 Å². The van der Waals surface area contributed by atoms with Gasteiger partial charge in [0.2, 0.25) is 0 Å². The van der Waals surface area contributed by atoms with Gasteiger partial charge < -0.3 is 4.74 Å². The fraction of sp³-hybridized carbons (Fsp3) is 0.450. The van der Waals surface area contributed by atoms with E-state index in [0.29, 0.717) is 23.6 Å². The molecule has 2 aromatic rings. The minimum atomic E-state index is -0.290. The molecule has 0 radical (unpaired) electrons. The molecular formula is C20H26FNO. The van der Waals surface area contributed by atoms with E-state index in [2.05, 4.69) is 11.9 Å². The van der Waals surface area contributed by atoms with Crippen molar-refractivity contribution in [3.05, 3.63) is 47.9 Å². The standard InChI is InChI=1S/C20H26FNO/c1-3-4-5-6-7-8-13-23-17-10-11-18(19(21)14-17)20-12-9-16(2)15-22-20/h9-12,14-15H,3-8,13H2,1-2H3. The summed E-state index contributed by atoms with van der Waals surface area (Å²) in [7, 11) is 0. The minimum absolute atomic E-state index is 0.290. The topological polar surface area (TPSA) is 22.1 Å². The lowest BCUT2D eigenvalue weighted by atomic mass is 10.1. The van der Waals surface area contributed by atoms with Crippen LogP contribution in [-0.4, -0.2) is 11.6 Å². The molecule has 124 valence electrons. The molecule has 0 fully saturated rings. The summed E-state index contributed by atoms with van der Waals surface area (Å²) in [6.07, 6.45) is 9.06. The maximum Gasteiger partial charge on any atom is 0.136 e. The molecule has 0 saturated heterocycles. The van der Waals surface area contributed by atoms with Gasteiger partial charge in [-0.15, -0.1) is 0 Å². The summed E-state index contributed by atoms with van der Waals surface area (Å²) in [6, 6.07) is 8.78. The predicted octanol–water partition coefficient (Wildman–Crippen LogP) is 5.94. The van der Waals surface area contributed by atoms with Crippen LogP contribution < -0.4 is 4.74 Å². The van der Waals surface area contributed by atoms with Crippen molar-refractivity contribution < 1.29 is 9.13 Å². The van der Waals surface area contributed by atoms with E-state index in [1.54, 1.807) is 12.3 Å². The largest absolute Gasteiger partial charge is 0.493 e. The van der Waals surface area contributed by atoms with Crippen molar-refractivity contribution in [2.75, 3.05) is 6.61 Å². The van der Waals surface area contributed by atoms with Gasteiger partial charge in [-0.3, -0.25) is 4.98 Å². The van der Waals surface area contributed by atoms with Crippen LogP contribution in [0.3, 0.4) is 0 Å². The Morgan fingerprint density at radius 1 is 1.00 bits per heavy atom. The molecule has 3 heteroatoms. The van der Waals surface area contributed by atoms with E-state index in [9.17, 15) is 4.39 Å². The van der Waals surface area contributed by atoms with Gasteiger partial charge in [-0.25, -0.2) is 4.39 Å². The second-order valence-corrected chi connectivity index (χ2v) is 5.98. The third-order valence-corrected chi connectivity index (χ3v) is 3.89. The Morgan fingerprint density at radius 2 is 1.78 bits per heavy atom. The normalized spacial score (nSPS) is 10.7. The molecule has 23 heavy (non-hydrogen) atoms. The van der Waals surface area contributed by atoms with E-state index >= 15 is 0 Å². The van der Waals surface area contributed by atoms with Crippen LogP contribution in [0.4, 0.5) is 4.39 Å². The molecule has 0 bridgehead atoms. The summed E-state index contributed by atoms with van der Waals surface area (Å²) in [5.74, 6) is 0.300. The van der Waals surface area contributed by atoms with Crippen molar-refractivity contribution in [3.63, 3.8) is 0 Å². The van der Waals surface area contributed by atoms with Crippen LogP contribution in [0.25, 0.3) is 11.3 Å². The van der Waals surface area contributed by atoms with Crippen LogP contribution in [0.2, 0.25) is 0 Å². The van der Waals surface area contributed by atoms with Crippen molar-refractivity contribution >= 4 is 0 Å². The second kappa shape index (κ2) is 9.29. The minimum Gasteiger partial charge on any atom is -0.493 e. The van der Waals surface area contributed by atoms with Crippen molar-refractivity contribution in [2.45, 2.75) is 52.4 Å². The Hall–Kier alpha value is -1.90. The second-order valence-electron chi connectivity index (χ2n) is 5.98. The molecular weight excluding hydrogens is 289 g/mol. The quantitative estimate of drug-likeness (QED) is 0.535. The molecule has 1 aromatic carbocycles. The first kappa shape index (κ1) is 17.5. The van der Waals surface area contributed by atoms with Gasteiger partial charge in [-0.05, 0) is 37.1 Å². The average Bonchev–Trinajstić information content (AvgIpc) is 2.55. The van der Waals surface area contributed by atoms with E-state index < -0.39 is 0 Å². The maximum atomic E-state index is 14.2. The molecule has 0 saturated carbocycles. The van der Waals surface area contributed by atoms with Gasteiger partial charge in [-0.1, -0.05) is 45.1 Å². The van der Waals surface area contributed by atoms with Crippen LogP contribution in [-0.2, 0) is 0 Å². The number of unbranched alkanes of at least 4 members (excludes halogenated alkanes) is 5. The Balaban J connectivity index is 1.83. The summed E-state index contributed by atoms with van der Waals surface area (Å²) in [4.78, 5) is 4.27. The number of benzene rings is 1. The summed E-state index contributed by atoms with van der Waals surface area (Å²) < 4.78 is 19.9. The number of pyridine rings is 1. The van der Waals surface area contributed by atoms with Crippen LogP contribution in [0.1, 0.15) is 51.0 Å². The predicted molar refractivity (Wildman–Crippen MR) is 93.2 cm³/mol. The van der Waals surface area contributed by atoms with Gasteiger partial charge in [0.1, 0.15) is 11.6 Å². The third kappa shape index (κ3) is 5.66. The lowest BCUT2D eigenvalue weighted by Crippen LogP contribution is -1.98. The summed E-state index contributed by atoms with van der Waals surface area (Å²) >= 11 is 0. The highest BCUT2D eigenvalue weighted by Gasteiger charge is 2.08. The van der Waals surface area contributed by atoms with Crippen molar-refractivity contribution in [3.8, 4) is 17.0 Å². The number of aryl methyl sites for hydroxylation is 1. The molecule has 2 nitrogen and oxygen atoms in total. The number of rotatable bonds is 9. The lowest BCUT2D eigenvalue weighted by Gasteiger charge is -2.08. The first-order chi connectivity index (χ1) is 11.2. The van der Waals surface area contributed by atoms with Gasteiger partial charge in [0, 0.05) is 17.8 Å². The van der Waals surface area contributed by atoms with Crippen LogP contribution >= 0.6 is 0 Å². The van der Waals surface area contributed by atoms with Gasteiger partial charge in [-0.2, -0.15) is 0 Å². The van der Waals surface area contributed by atoms with Crippen LogP contribution in [0.15, 0.2) is 36.5 Å². The number of aromatic nitrogens is 1. The smallest absolute Gasteiger partial charge is 0.136 e. The number of nitrogens with zero attached hydrogens (tertiary/aromatic N) is 1. The molecule has 0 aliphatic rings. The Morgan fingerprint density at radius 3 is 2.48 bits per heavy atom. The zero-order valence-electron chi connectivity index (χ0n) is 14.1. The van der Waals surface area contributed by atoms with E-state index in [1.165, 1.54) is 38.2 Å². The fourth-order valence-electron chi connectivity index (χ4n) is 2.49. The maximum absolute atomic E-state index is 14.2. The van der Waals surface area contributed by atoms with Gasteiger partial charge in [0.05, 0.1) is 12.3 Å². The zero-order chi connectivity index (χ0) is 16.5. The Labute approximate surface area is 138 Å². The van der Waals surface area contributed by atoms with E-state index in [-0.39, 0.29) is 5.82 Å². The molecule has 0 spiro atoms. The number of hydrogen-bond donors (Lipinski definition) is 0. The first-order valence-electron chi connectivity index (χ1n) is 8.56. The number of ether oxygens (including phenoxy) is 1. The van der Waals surface area contributed by atoms with Gasteiger partial charge in [0.15, 0.2) is 0 Å². The van der Waals surface area contributed by atoms with Crippen LogP contribution in [0, 0.1) is 12.7 Å². The molecule has 1 aromatic heterocycles. The monoisotopic (exact) mass is 315 g/mol. The molecule has 0 unspecified atom stereocenters. The lowest BCUT2D eigenvalue weighted by molar-refractivity contribution is 0.303. The number of hydrogen-bond acceptors (Lipinski definition) is 2. The van der Waals surface area contributed by atoms with E-state index in [1.807, 2.05) is 25.1 Å². The molecule has 0 amide bonds. The third-order valence-electron chi connectivity index (χ3n) is 3.89. The van der Waals surface area contributed by atoms with E-state index in [0.717, 1.165) is 12.0 Å². The molecule has 1 heterocycles. The fourth-order valence-corrected chi connectivity index (χ4v) is 2.49. The summed E-state index contributed by atoms with van der Waals surface area (Å²) in [5, 5.41) is 0. The highest BCUT2D eigenvalue weighted by Crippen LogP contribution is 2.25. The van der Waals surface area contributed by atoms with Crippen molar-refractivity contribution in [1.29, 1.82) is 0 Å². The van der Waals surface area contributed by atoms with Gasteiger partial charge >= 0.3 is 0 Å². The Kier molecular flexibility index (Phi) is 7.05. The Bertz CT molecular complexity index is 595. The first-order valence-corrected chi connectivity index (χ1v) is 8.56. The average molecular weight is 315 g/mol. The van der Waals surface area contributed by atoms with Crippen LogP contribution in [0.5, 0.6) is 5.75 Å². The highest BCUT2D eigenvalue weighted by molar-refractivity contribution is 5.61. The van der Waals surface area contributed by atoms with Gasteiger partial charge in [0.25, 0.3) is 0 Å². The zero-order valence-corrected chi connectivity index (χ0v) is 14.1. The SMILES string of the molecule is CCCCCCCCOc1ccc(-c2ccc(C)cn2)c(F)c1. The summed E-state index contributed by atoms with van der Waals surface area (Å²) in [6.45, 7) is 4.83. The van der Waals surface area contributed by atoms with Crippen molar-refractivity contribution in [2.24, 2.45) is 0 Å².